The average molecular weight is 617 g/mol. The van der Waals surface area contributed by atoms with Crippen LogP contribution in [0.5, 0.6) is 0 Å². The number of nitrogens with two attached hydrogens (primary N) is 2. The van der Waals surface area contributed by atoms with E-state index in [4.69, 9.17) is 16.5 Å². The van der Waals surface area contributed by atoms with Crippen LogP contribution in [-0.2, 0) is 14.1 Å². The van der Waals surface area contributed by atoms with Crippen molar-refractivity contribution in [2.24, 2.45) is 24.8 Å². The molecule has 0 radical (unpaired) electrons. The summed E-state index contributed by atoms with van der Waals surface area (Å²) in [7, 11) is 3.26. The first-order valence-electron chi connectivity index (χ1n) is 14.3. The summed E-state index contributed by atoms with van der Waals surface area (Å²) in [6, 6.07) is 12.6. The molecule has 0 aliphatic heterocycles. The quantitative estimate of drug-likeness (QED) is 0.135. The molecule has 5 aromatic rings. The Morgan fingerprint density at radius 1 is 1.04 bits per heavy atom. The minimum atomic E-state index is -0.766. The second-order valence-electron chi connectivity index (χ2n) is 10.5. The molecular weight excluding hydrogens is 584 g/mol. The van der Waals surface area contributed by atoms with Crippen molar-refractivity contribution in [3.8, 4) is 17.5 Å². The molecule has 0 aliphatic carbocycles. The minimum Gasteiger partial charge on any atom is -0.381 e. The lowest BCUT2D eigenvalue weighted by molar-refractivity contribution is 0.0936. The Labute approximate surface area is 264 Å². The van der Waals surface area contributed by atoms with Gasteiger partial charge in [0.25, 0.3) is 11.5 Å². The van der Waals surface area contributed by atoms with E-state index in [0.717, 1.165) is 0 Å². The zero-order valence-electron chi connectivity index (χ0n) is 25.7. The summed E-state index contributed by atoms with van der Waals surface area (Å²) in [5, 5.41) is 11.5. The van der Waals surface area contributed by atoms with E-state index in [2.05, 4.69) is 38.9 Å². The molecule has 0 bridgehead atoms. The maximum atomic E-state index is 14.3. The van der Waals surface area contributed by atoms with E-state index in [9.17, 15) is 14.4 Å². The minimum absolute atomic E-state index is 0.00191. The number of nitrogens with zero attached hydrogens (tertiary/aromatic N) is 7. The van der Waals surface area contributed by atoms with Gasteiger partial charge in [-0.05, 0) is 38.1 Å². The molecule has 46 heavy (non-hydrogen) atoms. The summed E-state index contributed by atoms with van der Waals surface area (Å²) < 4.78 is 4.27. The number of allylic oxidation sites excluding steroid dienone is 1. The SMILES string of the molecule is C=C/C=N\c1c(C(=O)NC(C)c2nc3cccc(C#Cc4cnn(C)c4C(=O)C(C)N)c3c(=O)n2-c2ccccc2)c(N)nn1C. The number of benzene rings is 2. The van der Waals surface area contributed by atoms with Crippen molar-refractivity contribution in [2.75, 3.05) is 5.73 Å². The molecule has 1 amide bonds. The summed E-state index contributed by atoms with van der Waals surface area (Å²) in [5.74, 6) is 5.71. The number of aryl methyl sites for hydroxylation is 2. The number of Topliss-reactive ketones (excluding diaryl/α,β-unsaturated/α-hetero) is 1. The number of fused-ring (bicyclic) bond motifs is 1. The van der Waals surface area contributed by atoms with Crippen molar-refractivity contribution in [1.29, 1.82) is 0 Å². The van der Waals surface area contributed by atoms with Gasteiger partial charge in [0.05, 0.1) is 40.4 Å². The lowest BCUT2D eigenvalue weighted by atomic mass is 10.1. The Balaban J connectivity index is 1.64. The number of aromatic nitrogens is 6. The van der Waals surface area contributed by atoms with Crippen LogP contribution in [0.25, 0.3) is 16.6 Å². The Hall–Kier alpha value is -6.13. The molecule has 232 valence electrons. The maximum absolute atomic E-state index is 14.3. The van der Waals surface area contributed by atoms with Crippen LogP contribution < -0.4 is 22.3 Å². The van der Waals surface area contributed by atoms with Crippen LogP contribution in [0.3, 0.4) is 0 Å². The van der Waals surface area contributed by atoms with Crippen molar-refractivity contribution in [3.05, 3.63) is 106 Å². The molecule has 0 saturated carbocycles. The van der Waals surface area contributed by atoms with Crippen molar-refractivity contribution in [2.45, 2.75) is 25.9 Å². The second-order valence-corrected chi connectivity index (χ2v) is 10.5. The number of carbonyl (C=O) groups is 2. The number of amides is 1. The topological polar surface area (TPSA) is 181 Å². The van der Waals surface area contributed by atoms with Crippen molar-refractivity contribution >= 4 is 40.4 Å². The molecule has 0 aliphatic rings. The van der Waals surface area contributed by atoms with Gasteiger partial charge in [-0.2, -0.15) is 10.2 Å². The van der Waals surface area contributed by atoms with E-state index in [1.54, 1.807) is 70.4 Å². The lowest BCUT2D eigenvalue weighted by Crippen LogP contribution is -2.33. The van der Waals surface area contributed by atoms with Gasteiger partial charge in [-0.1, -0.05) is 48.8 Å². The van der Waals surface area contributed by atoms with Crippen molar-refractivity contribution in [3.63, 3.8) is 0 Å². The molecular formula is C33H32N10O3. The highest BCUT2D eigenvalue weighted by atomic mass is 16.2. The third-order valence-electron chi connectivity index (χ3n) is 7.16. The molecule has 0 fully saturated rings. The number of nitrogens with one attached hydrogen (secondary N) is 1. The third kappa shape index (κ3) is 5.84. The highest BCUT2D eigenvalue weighted by molar-refractivity contribution is 6.03. The predicted octanol–water partition coefficient (Wildman–Crippen LogP) is 2.74. The predicted molar refractivity (Wildman–Crippen MR) is 176 cm³/mol. The first-order chi connectivity index (χ1) is 22.0. The number of carbonyl (C=O) groups excluding carboxylic acids is 2. The van der Waals surface area contributed by atoms with E-state index < -0.39 is 23.6 Å². The van der Waals surface area contributed by atoms with Gasteiger partial charge < -0.3 is 16.8 Å². The highest BCUT2D eigenvalue weighted by Crippen LogP contribution is 2.26. The van der Waals surface area contributed by atoms with Crippen molar-refractivity contribution < 1.29 is 9.59 Å². The summed E-state index contributed by atoms with van der Waals surface area (Å²) in [6.07, 6.45) is 4.39. The van der Waals surface area contributed by atoms with Gasteiger partial charge in [-0.25, -0.2) is 14.7 Å². The molecule has 2 unspecified atom stereocenters. The first-order valence-corrected chi connectivity index (χ1v) is 14.3. The van der Waals surface area contributed by atoms with Gasteiger partial charge in [0.15, 0.2) is 17.4 Å². The number of hydrogen-bond donors (Lipinski definition) is 3. The Morgan fingerprint density at radius 2 is 1.76 bits per heavy atom. The average Bonchev–Trinajstić information content (AvgIpc) is 3.54. The first kappa shape index (κ1) is 31.3. The molecule has 13 heteroatoms. The summed E-state index contributed by atoms with van der Waals surface area (Å²) in [5.41, 5.74) is 13.6. The molecule has 0 spiro atoms. The van der Waals surface area contributed by atoms with Crippen LogP contribution in [0, 0.1) is 11.8 Å². The molecule has 5 N–H and O–H groups in total. The lowest BCUT2D eigenvalue weighted by Gasteiger charge is -2.20. The molecule has 5 rings (SSSR count). The van der Waals surface area contributed by atoms with Gasteiger partial charge in [0.1, 0.15) is 17.1 Å². The van der Waals surface area contributed by atoms with Crippen LogP contribution in [-0.4, -0.2) is 53.1 Å². The Morgan fingerprint density at radius 3 is 2.46 bits per heavy atom. The van der Waals surface area contributed by atoms with Gasteiger partial charge in [-0.3, -0.25) is 23.6 Å². The van der Waals surface area contributed by atoms with Crippen LogP contribution in [0.4, 0.5) is 11.6 Å². The van der Waals surface area contributed by atoms with Crippen LogP contribution in [0.1, 0.15) is 57.7 Å². The number of anilines is 1. The van der Waals surface area contributed by atoms with E-state index in [1.807, 2.05) is 6.07 Å². The summed E-state index contributed by atoms with van der Waals surface area (Å²) in [4.78, 5) is 49.7. The van der Waals surface area contributed by atoms with E-state index in [-0.39, 0.29) is 39.9 Å². The fraction of sp³-hybridized carbons (Fsp3) is 0.182. The Kier molecular flexibility index (Phi) is 8.74. The third-order valence-corrected chi connectivity index (χ3v) is 7.16. The van der Waals surface area contributed by atoms with Gasteiger partial charge in [-0.15, -0.1) is 0 Å². The van der Waals surface area contributed by atoms with Crippen LogP contribution >= 0.6 is 0 Å². The molecule has 0 saturated heterocycles. The van der Waals surface area contributed by atoms with Crippen molar-refractivity contribution in [1.82, 2.24) is 34.4 Å². The number of hydrogen-bond acceptors (Lipinski definition) is 9. The Bertz CT molecular complexity index is 2140. The number of ketones is 1. The molecule has 13 nitrogen and oxygen atoms in total. The normalized spacial score (nSPS) is 12.5. The number of para-hydroxylation sites is 1. The standard InChI is InChI=1S/C33H32N10O3/c1-6-17-36-31-26(29(35)40-42(31)5)32(45)38-20(3)30-39-24-14-10-11-21(25(24)33(46)43(30)23-12-8-7-9-13-23)15-16-22-18-37-41(4)27(22)28(44)19(2)34/h6-14,17-20H,1,34H2,2-5H3,(H2,35,40)(H,38,45)/b36-17-. The number of aliphatic imine (C=N–C) groups is 1. The van der Waals surface area contributed by atoms with E-state index in [0.29, 0.717) is 22.3 Å². The monoisotopic (exact) mass is 616 g/mol. The van der Waals surface area contributed by atoms with Gasteiger partial charge in [0, 0.05) is 25.9 Å². The fourth-order valence-corrected chi connectivity index (χ4v) is 5.00. The zero-order chi connectivity index (χ0) is 33.1. The van der Waals surface area contributed by atoms with Crippen LogP contribution in [0.2, 0.25) is 0 Å². The molecule has 2 atom stereocenters. The van der Waals surface area contributed by atoms with E-state index >= 15 is 0 Å². The summed E-state index contributed by atoms with van der Waals surface area (Å²) >= 11 is 0. The summed E-state index contributed by atoms with van der Waals surface area (Å²) in [6.45, 7) is 6.93. The van der Waals surface area contributed by atoms with Gasteiger partial charge >= 0.3 is 0 Å². The maximum Gasteiger partial charge on any atom is 0.267 e. The van der Waals surface area contributed by atoms with E-state index in [1.165, 1.54) is 32.4 Å². The smallest absolute Gasteiger partial charge is 0.267 e. The second kappa shape index (κ2) is 12.8. The molecule has 2 aromatic carbocycles. The number of rotatable bonds is 8. The van der Waals surface area contributed by atoms with Crippen LogP contribution in [0.15, 0.2) is 77.2 Å². The fourth-order valence-electron chi connectivity index (χ4n) is 5.00. The molecule has 3 aromatic heterocycles. The van der Waals surface area contributed by atoms with Gasteiger partial charge in [0.2, 0.25) is 0 Å². The highest BCUT2D eigenvalue weighted by Gasteiger charge is 2.26. The largest absolute Gasteiger partial charge is 0.381 e. The zero-order valence-corrected chi connectivity index (χ0v) is 25.7. The number of nitrogen functional groups attached to an aromatic ring is 1. The molecule has 3 heterocycles.